The molecule has 156 valence electrons. The van der Waals surface area contributed by atoms with Crippen molar-refractivity contribution in [2.45, 2.75) is 24.9 Å². The molecule has 3 aromatic carbocycles. The second-order valence-corrected chi connectivity index (χ2v) is 7.73. The lowest BCUT2D eigenvalue weighted by molar-refractivity contribution is -0.138. The van der Waals surface area contributed by atoms with Gasteiger partial charge in [-0.15, -0.1) is 0 Å². The molecule has 0 aliphatic carbocycles. The second kappa shape index (κ2) is 8.58. The number of imidazole rings is 1. The van der Waals surface area contributed by atoms with E-state index < -0.39 is 17.6 Å². The quantitative estimate of drug-likeness (QED) is 0.451. The van der Waals surface area contributed by atoms with Crippen molar-refractivity contribution in [3.8, 4) is 0 Å². The lowest BCUT2D eigenvalue weighted by Gasteiger charge is -2.37. The Morgan fingerprint density at radius 1 is 0.935 bits per heavy atom. The predicted octanol–water partition coefficient (Wildman–Crippen LogP) is 3.99. The van der Waals surface area contributed by atoms with Gasteiger partial charge in [0.05, 0.1) is 12.0 Å². The van der Waals surface area contributed by atoms with Gasteiger partial charge in [-0.1, -0.05) is 90.5 Å². The fourth-order valence-corrected chi connectivity index (χ4v) is 4.07. The Morgan fingerprint density at radius 3 is 1.97 bits per heavy atom. The number of carbonyl (C=O) groups is 1. The van der Waals surface area contributed by atoms with Crippen molar-refractivity contribution in [1.29, 1.82) is 0 Å². The van der Waals surface area contributed by atoms with Crippen LogP contribution in [0.2, 0.25) is 0 Å². The summed E-state index contributed by atoms with van der Waals surface area (Å²) in [7, 11) is 0. The first-order chi connectivity index (χ1) is 15.0. The van der Waals surface area contributed by atoms with E-state index in [0.717, 1.165) is 16.7 Å². The first kappa shape index (κ1) is 20.6. The van der Waals surface area contributed by atoms with E-state index in [1.807, 2.05) is 42.6 Å². The van der Waals surface area contributed by atoms with Crippen LogP contribution < -0.4 is 5.73 Å². The smallest absolute Gasteiger partial charge is 0.320 e. The molecule has 4 aromatic rings. The maximum atomic E-state index is 11.2. The van der Waals surface area contributed by atoms with Crippen molar-refractivity contribution in [2.75, 3.05) is 0 Å². The number of benzene rings is 3. The number of rotatable bonds is 7. The monoisotopic (exact) mass is 411 g/mol. The maximum absolute atomic E-state index is 11.2. The molecule has 0 aliphatic rings. The third-order valence-electron chi connectivity index (χ3n) is 5.62. The lowest BCUT2D eigenvalue weighted by Crippen LogP contribution is -2.37. The summed E-state index contributed by atoms with van der Waals surface area (Å²) in [6.07, 6.45) is 3.84. The minimum absolute atomic E-state index is 0.163. The molecule has 31 heavy (non-hydrogen) atoms. The Bertz CT molecular complexity index is 1110. The summed E-state index contributed by atoms with van der Waals surface area (Å²) < 4.78 is 2.06. The van der Waals surface area contributed by atoms with Crippen LogP contribution in [-0.4, -0.2) is 26.7 Å². The van der Waals surface area contributed by atoms with Gasteiger partial charge in [0.2, 0.25) is 0 Å². The molecule has 0 amide bonds. The molecule has 5 heteroatoms. The Hall–Kier alpha value is -3.70. The summed E-state index contributed by atoms with van der Waals surface area (Å²) in [6, 6.07) is 28.0. The molecule has 1 aromatic heterocycles. The van der Waals surface area contributed by atoms with Crippen LogP contribution >= 0.6 is 0 Å². The largest absolute Gasteiger partial charge is 0.480 e. The van der Waals surface area contributed by atoms with Gasteiger partial charge in [0.15, 0.2) is 0 Å². The molecule has 5 nitrogen and oxygen atoms in total. The van der Waals surface area contributed by atoms with E-state index in [4.69, 9.17) is 5.73 Å². The topological polar surface area (TPSA) is 81.1 Å². The van der Waals surface area contributed by atoms with Crippen LogP contribution in [0.4, 0.5) is 0 Å². The van der Waals surface area contributed by atoms with Crippen molar-refractivity contribution in [2.24, 2.45) is 5.73 Å². The molecule has 0 bridgehead atoms. The van der Waals surface area contributed by atoms with Gasteiger partial charge in [-0.3, -0.25) is 4.79 Å². The van der Waals surface area contributed by atoms with Crippen LogP contribution in [0.25, 0.3) is 0 Å². The van der Waals surface area contributed by atoms with Gasteiger partial charge in [-0.25, -0.2) is 4.98 Å². The van der Waals surface area contributed by atoms with E-state index >= 15 is 0 Å². The van der Waals surface area contributed by atoms with E-state index in [-0.39, 0.29) is 6.42 Å². The molecule has 4 rings (SSSR count). The Labute approximate surface area is 181 Å². The number of hydrogen-bond acceptors (Lipinski definition) is 3. The van der Waals surface area contributed by atoms with Gasteiger partial charge in [-0.05, 0) is 23.6 Å². The summed E-state index contributed by atoms with van der Waals surface area (Å²) in [6.45, 7) is 2.07. The van der Waals surface area contributed by atoms with Gasteiger partial charge >= 0.3 is 5.97 Å². The summed E-state index contributed by atoms with van der Waals surface area (Å²) >= 11 is 0. The minimum atomic E-state index is -1.04. The van der Waals surface area contributed by atoms with Gasteiger partial charge in [0.1, 0.15) is 11.6 Å². The SMILES string of the molecule is Cc1ccc(C(c2ccccc2)(c2ccccc2)n2cnc(C[C@H](N)C(=O)O)c2)cc1. The fraction of sp³-hybridized carbons (Fsp3) is 0.154. The summed E-state index contributed by atoms with van der Waals surface area (Å²) in [5.41, 5.74) is 10.2. The molecule has 0 spiro atoms. The zero-order chi connectivity index (χ0) is 21.8. The number of nitrogens with zero attached hydrogens (tertiary/aromatic N) is 2. The molecule has 0 saturated heterocycles. The fourth-order valence-electron chi connectivity index (χ4n) is 4.07. The maximum Gasteiger partial charge on any atom is 0.320 e. The van der Waals surface area contributed by atoms with E-state index in [2.05, 4.69) is 65.0 Å². The van der Waals surface area contributed by atoms with Gasteiger partial charge < -0.3 is 15.4 Å². The van der Waals surface area contributed by atoms with Crippen molar-refractivity contribution in [3.63, 3.8) is 0 Å². The van der Waals surface area contributed by atoms with Gasteiger partial charge in [0, 0.05) is 12.6 Å². The first-order valence-corrected chi connectivity index (χ1v) is 10.2. The highest BCUT2D eigenvalue weighted by Crippen LogP contribution is 2.40. The third-order valence-corrected chi connectivity index (χ3v) is 5.62. The highest BCUT2D eigenvalue weighted by molar-refractivity contribution is 5.73. The Kier molecular flexibility index (Phi) is 5.69. The number of aliphatic carboxylic acids is 1. The molecule has 0 aliphatic heterocycles. The minimum Gasteiger partial charge on any atom is -0.480 e. The molecule has 3 N–H and O–H groups in total. The lowest BCUT2D eigenvalue weighted by atomic mass is 9.76. The van der Waals surface area contributed by atoms with Crippen LogP contribution in [0.1, 0.15) is 27.9 Å². The Balaban J connectivity index is 1.98. The average Bonchev–Trinajstić information content (AvgIpc) is 3.25. The Morgan fingerprint density at radius 2 is 1.45 bits per heavy atom. The highest BCUT2D eigenvalue weighted by atomic mass is 16.4. The molecule has 1 heterocycles. The van der Waals surface area contributed by atoms with Crippen molar-refractivity contribution in [3.05, 3.63) is 125 Å². The van der Waals surface area contributed by atoms with E-state index in [1.54, 1.807) is 6.33 Å². The molecule has 0 saturated carbocycles. The number of hydrogen-bond donors (Lipinski definition) is 2. The van der Waals surface area contributed by atoms with Crippen LogP contribution in [0, 0.1) is 6.92 Å². The van der Waals surface area contributed by atoms with E-state index in [0.29, 0.717) is 5.69 Å². The number of aromatic nitrogens is 2. The number of carboxylic acids is 1. The zero-order valence-electron chi connectivity index (χ0n) is 17.3. The highest BCUT2D eigenvalue weighted by Gasteiger charge is 2.38. The number of aryl methyl sites for hydroxylation is 1. The third kappa shape index (κ3) is 3.88. The summed E-state index contributed by atoms with van der Waals surface area (Å²) in [5.74, 6) is -1.04. The van der Waals surface area contributed by atoms with Crippen LogP contribution in [-0.2, 0) is 16.8 Å². The molecular weight excluding hydrogens is 386 g/mol. The van der Waals surface area contributed by atoms with E-state index in [9.17, 15) is 9.90 Å². The molecular formula is C26H25N3O2. The zero-order valence-corrected chi connectivity index (χ0v) is 17.3. The molecule has 0 fully saturated rings. The molecule has 0 radical (unpaired) electrons. The second-order valence-electron chi connectivity index (χ2n) is 7.73. The molecule has 0 unspecified atom stereocenters. The normalized spacial score (nSPS) is 12.5. The van der Waals surface area contributed by atoms with Crippen molar-refractivity contribution < 1.29 is 9.90 Å². The number of nitrogens with two attached hydrogens (primary N) is 1. The van der Waals surface area contributed by atoms with Crippen molar-refractivity contribution in [1.82, 2.24) is 9.55 Å². The van der Waals surface area contributed by atoms with Gasteiger partial charge in [-0.2, -0.15) is 0 Å². The van der Waals surface area contributed by atoms with E-state index in [1.165, 1.54) is 5.56 Å². The van der Waals surface area contributed by atoms with Crippen LogP contribution in [0.5, 0.6) is 0 Å². The van der Waals surface area contributed by atoms with Crippen LogP contribution in [0.3, 0.4) is 0 Å². The van der Waals surface area contributed by atoms with Crippen LogP contribution in [0.15, 0.2) is 97.5 Å². The van der Waals surface area contributed by atoms with Crippen molar-refractivity contribution >= 4 is 5.97 Å². The summed E-state index contributed by atoms with van der Waals surface area (Å²) in [5, 5.41) is 9.21. The predicted molar refractivity (Wildman–Crippen MR) is 121 cm³/mol. The standard InChI is InChI=1S/C26H25N3O2/c1-19-12-14-22(15-13-19)26(20-8-4-2-5-9-20,21-10-6-3-7-11-21)29-17-23(28-18-29)16-24(27)25(30)31/h2-15,17-18,24H,16,27H2,1H3,(H,30,31)/t24-/m0/s1. The molecule has 1 atom stereocenters. The first-order valence-electron chi connectivity index (χ1n) is 10.2. The summed E-state index contributed by atoms with van der Waals surface area (Å²) in [4.78, 5) is 15.8. The van der Waals surface area contributed by atoms with Gasteiger partial charge in [0.25, 0.3) is 0 Å². The number of carboxylic acid groups (broad SMARTS) is 1. The average molecular weight is 412 g/mol.